The Labute approximate surface area is 102 Å². The van der Waals surface area contributed by atoms with Crippen molar-refractivity contribution in [2.75, 3.05) is 11.9 Å². The van der Waals surface area contributed by atoms with Crippen molar-refractivity contribution in [1.29, 1.82) is 0 Å². The van der Waals surface area contributed by atoms with Gasteiger partial charge in [0.15, 0.2) is 0 Å². The molecule has 0 spiro atoms. The highest BCUT2D eigenvalue weighted by atomic mass is 16.2. The van der Waals surface area contributed by atoms with Crippen LogP contribution in [0.25, 0.3) is 0 Å². The molecule has 0 aliphatic carbocycles. The summed E-state index contributed by atoms with van der Waals surface area (Å²) in [6.07, 6.45) is 0.803. The van der Waals surface area contributed by atoms with Crippen LogP contribution in [-0.2, 0) is 6.42 Å². The third-order valence-corrected chi connectivity index (χ3v) is 2.36. The standard InChI is InChI=1S/C11H13N5O2/c12-6-5-7-1-3-8(4-2-7)13-9-10(17)14-11(18)16-15-9/h1-4H,5-6,12H2,(H,13,15)(H2,14,16,17,18). The fraction of sp³-hybridized carbons (Fsp3) is 0.182. The van der Waals surface area contributed by atoms with E-state index in [9.17, 15) is 9.59 Å². The van der Waals surface area contributed by atoms with Crippen molar-refractivity contribution in [3.05, 3.63) is 50.7 Å². The van der Waals surface area contributed by atoms with Crippen molar-refractivity contribution in [3.63, 3.8) is 0 Å². The summed E-state index contributed by atoms with van der Waals surface area (Å²) < 4.78 is 0. The van der Waals surface area contributed by atoms with Crippen molar-refractivity contribution < 1.29 is 0 Å². The Morgan fingerprint density at radius 1 is 1.22 bits per heavy atom. The molecule has 0 aliphatic rings. The molecule has 1 heterocycles. The number of benzene rings is 1. The van der Waals surface area contributed by atoms with E-state index in [4.69, 9.17) is 5.73 Å². The van der Waals surface area contributed by atoms with E-state index in [1.807, 2.05) is 24.3 Å². The van der Waals surface area contributed by atoms with E-state index in [0.29, 0.717) is 12.2 Å². The molecule has 0 bridgehead atoms. The highest BCUT2D eigenvalue weighted by Crippen LogP contribution is 2.12. The Balaban J connectivity index is 2.18. The van der Waals surface area contributed by atoms with Gasteiger partial charge in [-0.2, -0.15) is 0 Å². The highest BCUT2D eigenvalue weighted by molar-refractivity contribution is 5.55. The van der Waals surface area contributed by atoms with Crippen molar-refractivity contribution in [1.82, 2.24) is 15.2 Å². The maximum absolute atomic E-state index is 11.4. The molecule has 0 saturated heterocycles. The summed E-state index contributed by atoms with van der Waals surface area (Å²) >= 11 is 0. The van der Waals surface area contributed by atoms with Gasteiger partial charge in [0.25, 0.3) is 5.56 Å². The summed E-state index contributed by atoms with van der Waals surface area (Å²) in [5.74, 6) is 0.0428. The number of rotatable bonds is 4. The summed E-state index contributed by atoms with van der Waals surface area (Å²) in [7, 11) is 0. The molecule has 0 saturated carbocycles. The lowest BCUT2D eigenvalue weighted by Crippen LogP contribution is -2.25. The summed E-state index contributed by atoms with van der Waals surface area (Å²) in [4.78, 5) is 24.3. The lowest BCUT2D eigenvalue weighted by molar-refractivity contribution is 0.897. The fourth-order valence-electron chi connectivity index (χ4n) is 1.49. The maximum atomic E-state index is 11.4. The molecule has 2 aromatic rings. The van der Waals surface area contributed by atoms with E-state index in [-0.39, 0.29) is 5.82 Å². The molecule has 0 amide bonds. The van der Waals surface area contributed by atoms with Gasteiger partial charge in [-0.15, -0.1) is 5.10 Å². The first kappa shape index (κ1) is 12.1. The van der Waals surface area contributed by atoms with E-state index in [0.717, 1.165) is 12.0 Å². The van der Waals surface area contributed by atoms with Crippen LogP contribution < -0.4 is 22.3 Å². The van der Waals surface area contributed by atoms with Crippen LogP contribution >= 0.6 is 0 Å². The van der Waals surface area contributed by atoms with E-state index in [1.165, 1.54) is 0 Å². The van der Waals surface area contributed by atoms with Gasteiger partial charge in [0.1, 0.15) is 0 Å². The topological polar surface area (TPSA) is 117 Å². The smallest absolute Gasteiger partial charge is 0.334 e. The first-order chi connectivity index (χ1) is 8.69. The van der Waals surface area contributed by atoms with Gasteiger partial charge in [0.2, 0.25) is 5.82 Å². The lowest BCUT2D eigenvalue weighted by Gasteiger charge is -2.04. The second-order valence-electron chi connectivity index (χ2n) is 3.72. The number of aromatic nitrogens is 3. The molecule has 0 fully saturated rings. The Morgan fingerprint density at radius 3 is 2.56 bits per heavy atom. The molecule has 1 aromatic heterocycles. The molecule has 2 rings (SSSR count). The van der Waals surface area contributed by atoms with Crippen molar-refractivity contribution in [3.8, 4) is 0 Å². The Bertz CT molecular complexity index is 629. The molecule has 7 heteroatoms. The van der Waals surface area contributed by atoms with Gasteiger partial charge in [-0.05, 0) is 30.7 Å². The van der Waals surface area contributed by atoms with Crippen LogP contribution in [-0.4, -0.2) is 21.7 Å². The summed E-state index contributed by atoms with van der Waals surface area (Å²) in [5, 5.41) is 8.58. The predicted molar refractivity (Wildman–Crippen MR) is 68.0 cm³/mol. The number of hydrogen-bond acceptors (Lipinski definition) is 5. The number of H-pyrrole nitrogens is 2. The van der Waals surface area contributed by atoms with Gasteiger partial charge in [-0.1, -0.05) is 12.1 Å². The van der Waals surface area contributed by atoms with Crippen LogP contribution in [0, 0.1) is 0 Å². The number of anilines is 2. The molecule has 1 aromatic carbocycles. The normalized spacial score (nSPS) is 10.3. The monoisotopic (exact) mass is 247 g/mol. The van der Waals surface area contributed by atoms with E-state index < -0.39 is 11.2 Å². The second kappa shape index (κ2) is 5.28. The number of nitrogens with one attached hydrogen (secondary N) is 3. The van der Waals surface area contributed by atoms with Gasteiger partial charge < -0.3 is 11.1 Å². The highest BCUT2D eigenvalue weighted by Gasteiger charge is 2.02. The summed E-state index contributed by atoms with van der Waals surface area (Å²) in [5.41, 5.74) is 6.08. The molecule has 0 atom stereocenters. The van der Waals surface area contributed by atoms with Gasteiger partial charge in [-0.3, -0.25) is 9.78 Å². The molecule has 94 valence electrons. The quantitative estimate of drug-likeness (QED) is 0.592. The summed E-state index contributed by atoms with van der Waals surface area (Å²) in [6.45, 7) is 0.591. The Morgan fingerprint density at radius 2 is 1.94 bits per heavy atom. The minimum absolute atomic E-state index is 0.0428. The summed E-state index contributed by atoms with van der Waals surface area (Å²) in [6, 6.07) is 7.46. The van der Waals surface area contributed by atoms with E-state index >= 15 is 0 Å². The second-order valence-corrected chi connectivity index (χ2v) is 3.72. The SMILES string of the molecule is NCCc1ccc(Nc2n[nH]c(=O)[nH]c2=O)cc1. The van der Waals surface area contributed by atoms with Gasteiger partial charge >= 0.3 is 5.69 Å². The van der Waals surface area contributed by atoms with Crippen LogP contribution in [0.1, 0.15) is 5.56 Å². The number of nitrogens with two attached hydrogens (primary N) is 1. The zero-order valence-corrected chi connectivity index (χ0v) is 9.56. The lowest BCUT2D eigenvalue weighted by atomic mass is 10.1. The van der Waals surface area contributed by atoms with Crippen LogP contribution in [0.15, 0.2) is 33.9 Å². The molecular formula is C11H13N5O2. The fourth-order valence-corrected chi connectivity index (χ4v) is 1.49. The molecule has 0 radical (unpaired) electrons. The zero-order chi connectivity index (χ0) is 13.0. The first-order valence-electron chi connectivity index (χ1n) is 5.44. The minimum atomic E-state index is -0.635. The van der Waals surface area contributed by atoms with Crippen LogP contribution in [0.5, 0.6) is 0 Å². The molecule has 5 N–H and O–H groups in total. The van der Waals surface area contributed by atoms with Crippen molar-refractivity contribution in [2.24, 2.45) is 5.73 Å². The van der Waals surface area contributed by atoms with Gasteiger partial charge in [0, 0.05) is 5.69 Å². The molecule has 7 nitrogen and oxygen atoms in total. The Kier molecular flexibility index (Phi) is 3.54. The van der Waals surface area contributed by atoms with Crippen LogP contribution in [0.4, 0.5) is 11.5 Å². The molecule has 0 unspecified atom stereocenters. The van der Waals surface area contributed by atoms with E-state index in [2.05, 4.69) is 20.5 Å². The average molecular weight is 247 g/mol. The molecule has 0 aliphatic heterocycles. The van der Waals surface area contributed by atoms with Crippen LogP contribution in [0.3, 0.4) is 0 Å². The number of hydrogen-bond donors (Lipinski definition) is 4. The van der Waals surface area contributed by atoms with Crippen molar-refractivity contribution in [2.45, 2.75) is 6.42 Å². The largest absolute Gasteiger partial charge is 0.342 e. The third kappa shape index (κ3) is 2.83. The number of aromatic amines is 2. The molecule has 18 heavy (non-hydrogen) atoms. The number of nitrogens with zero attached hydrogens (tertiary/aromatic N) is 1. The van der Waals surface area contributed by atoms with Crippen molar-refractivity contribution >= 4 is 11.5 Å². The third-order valence-electron chi connectivity index (χ3n) is 2.36. The van der Waals surface area contributed by atoms with E-state index in [1.54, 1.807) is 0 Å². The Hall–Kier alpha value is -2.41. The van der Waals surface area contributed by atoms with Gasteiger partial charge in [-0.25, -0.2) is 9.89 Å². The van der Waals surface area contributed by atoms with Crippen LogP contribution in [0.2, 0.25) is 0 Å². The average Bonchev–Trinajstić information content (AvgIpc) is 2.35. The maximum Gasteiger partial charge on any atom is 0.342 e. The predicted octanol–water partition coefficient (Wildman–Crippen LogP) is -0.297. The minimum Gasteiger partial charge on any atom is -0.334 e. The molecular weight excluding hydrogens is 234 g/mol. The van der Waals surface area contributed by atoms with Gasteiger partial charge in [0.05, 0.1) is 0 Å². The zero-order valence-electron chi connectivity index (χ0n) is 9.56. The first-order valence-corrected chi connectivity index (χ1v) is 5.44.